The van der Waals surface area contributed by atoms with Gasteiger partial charge in [0.2, 0.25) is 0 Å². The van der Waals surface area contributed by atoms with E-state index in [2.05, 4.69) is 0 Å². The van der Waals surface area contributed by atoms with Crippen molar-refractivity contribution in [2.75, 3.05) is 25.7 Å². The molecule has 0 aromatic heterocycles. The molecule has 17 nitrogen and oxygen atoms in total. The highest BCUT2D eigenvalue weighted by Crippen LogP contribution is 2.40. The van der Waals surface area contributed by atoms with Crippen LogP contribution in [0.15, 0.2) is 0 Å². The van der Waals surface area contributed by atoms with Crippen LogP contribution in [0.25, 0.3) is 0 Å². The van der Waals surface area contributed by atoms with Gasteiger partial charge in [0, 0.05) is 19.5 Å². The third-order valence-corrected chi connectivity index (χ3v) is 5.46. The molecule has 0 rings (SSSR count). The van der Waals surface area contributed by atoms with E-state index in [1.807, 2.05) is 0 Å². The zero-order valence-corrected chi connectivity index (χ0v) is 18.0. The molecule has 0 fully saturated rings. The zero-order valence-electron chi connectivity index (χ0n) is 16.2. The fraction of sp³-hybridized carbons (Fsp3) is 0.692. The van der Waals surface area contributed by atoms with E-state index in [-0.39, 0.29) is 0 Å². The summed E-state index contributed by atoms with van der Waals surface area (Å²) in [5.74, 6) is -7.36. The lowest BCUT2D eigenvalue weighted by molar-refractivity contribution is -0.166. The van der Waals surface area contributed by atoms with Gasteiger partial charge in [-0.25, -0.2) is 4.79 Å². The molecule has 9 N–H and O–H groups in total. The number of carboxylic acids is 4. The van der Waals surface area contributed by atoms with Gasteiger partial charge in [-0.1, -0.05) is 0 Å². The summed E-state index contributed by atoms with van der Waals surface area (Å²) in [6.07, 6.45) is -6.71. The van der Waals surface area contributed by atoms with Gasteiger partial charge in [-0.15, -0.1) is 0 Å². The van der Waals surface area contributed by atoms with Crippen LogP contribution in [0.4, 0.5) is 0 Å². The smallest absolute Gasteiger partial charge is 0.339 e. The number of carbonyl (C=O) groups is 4. The molecule has 0 spiro atoms. The van der Waals surface area contributed by atoms with Crippen molar-refractivity contribution in [3.8, 4) is 0 Å². The lowest BCUT2D eigenvalue weighted by Crippen LogP contribution is -2.59. The van der Waals surface area contributed by atoms with Crippen LogP contribution < -0.4 is 0 Å². The van der Waals surface area contributed by atoms with Crippen molar-refractivity contribution in [3.63, 3.8) is 0 Å². The first-order chi connectivity index (χ1) is 14.4. The molecule has 186 valence electrons. The minimum Gasteiger partial charge on any atom is -0.481 e. The van der Waals surface area contributed by atoms with Crippen molar-refractivity contribution in [2.45, 2.75) is 31.0 Å². The summed E-state index contributed by atoms with van der Waals surface area (Å²) in [4.78, 5) is 82.4. The molecule has 19 heteroatoms. The minimum atomic E-state index is -4.90. The predicted molar refractivity (Wildman–Crippen MR) is 101 cm³/mol. The van der Waals surface area contributed by atoms with Crippen molar-refractivity contribution >= 4 is 39.1 Å². The van der Waals surface area contributed by atoms with Crippen LogP contribution in [-0.4, -0.2) is 123 Å². The normalized spacial score (nSPS) is 15.3. The Morgan fingerprint density at radius 2 is 1.22 bits per heavy atom. The third kappa shape index (κ3) is 11.6. The van der Waals surface area contributed by atoms with E-state index >= 15 is 0 Å². The molecule has 0 aliphatic carbocycles. The summed E-state index contributed by atoms with van der Waals surface area (Å²) in [5.41, 5.74) is 0. The van der Waals surface area contributed by atoms with Gasteiger partial charge < -0.3 is 45.1 Å². The number of aliphatic hydroxyl groups is 1. The van der Waals surface area contributed by atoms with Crippen LogP contribution in [-0.2, 0) is 28.3 Å². The Balaban J connectivity index is 6.15. The topological polar surface area (TPSA) is 291 Å². The van der Waals surface area contributed by atoms with Crippen LogP contribution in [0.5, 0.6) is 0 Å². The molecule has 3 atom stereocenters. The van der Waals surface area contributed by atoms with Gasteiger partial charge in [-0.2, -0.15) is 0 Å². The first-order valence-corrected chi connectivity index (χ1v) is 12.1. The highest BCUT2D eigenvalue weighted by atomic mass is 31.2. The Morgan fingerprint density at radius 3 is 1.53 bits per heavy atom. The van der Waals surface area contributed by atoms with E-state index in [1.54, 1.807) is 0 Å². The molecule has 0 bridgehead atoms. The second kappa shape index (κ2) is 12.3. The van der Waals surface area contributed by atoms with Gasteiger partial charge in [0.05, 0.1) is 0 Å². The molecule has 0 saturated heterocycles. The maximum Gasteiger partial charge on any atom is 0.339 e. The van der Waals surface area contributed by atoms with Crippen LogP contribution in [0, 0.1) is 0 Å². The maximum absolute atomic E-state index is 11.7. The van der Waals surface area contributed by atoms with Crippen molar-refractivity contribution < 1.29 is 73.4 Å². The Kier molecular flexibility index (Phi) is 11.6. The highest BCUT2D eigenvalue weighted by Gasteiger charge is 2.43. The molecular formula is C13H24N2O15P2. The van der Waals surface area contributed by atoms with Crippen LogP contribution in [0.1, 0.15) is 12.8 Å². The molecule has 32 heavy (non-hydrogen) atoms. The SMILES string of the molecule is O=C(O)CCC(C(=O)O)N(CCN(CP(=O)(O)O)CP(=O)(O)O)C(C(=O)O)C(O)C(=O)O. The fourth-order valence-electron chi connectivity index (χ4n) is 2.74. The van der Waals surface area contributed by atoms with Crippen LogP contribution >= 0.6 is 15.2 Å². The minimum absolute atomic E-state index is 0.374. The Bertz CT molecular complexity index is 768. The number of rotatable bonds is 16. The number of aliphatic hydroxyl groups excluding tert-OH is 1. The van der Waals surface area contributed by atoms with Gasteiger partial charge in [-0.3, -0.25) is 33.3 Å². The Labute approximate surface area is 179 Å². The second-order valence-electron chi connectivity index (χ2n) is 6.60. The van der Waals surface area contributed by atoms with E-state index < -0.39 is 95.8 Å². The average molecular weight is 510 g/mol. The van der Waals surface area contributed by atoms with E-state index in [9.17, 15) is 43.6 Å². The molecule has 0 heterocycles. The van der Waals surface area contributed by atoms with E-state index in [0.29, 0.717) is 9.80 Å². The average Bonchev–Trinajstić information content (AvgIpc) is 2.55. The zero-order chi connectivity index (χ0) is 25.4. The van der Waals surface area contributed by atoms with E-state index in [0.717, 1.165) is 0 Å². The molecule has 0 aromatic carbocycles. The standard InChI is InChI=1S/C13H24N2O15P2/c16-8(17)2-1-7(11(19)20)15(9(12(21)22)10(18)13(23)24)4-3-14(5-31(25,26)27)6-32(28,29)30/h7,9-10,18H,1-6H2,(H,16,17)(H,19,20)(H,21,22)(H,23,24)(H2,25,26,27)(H2,28,29,30). The molecule has 0 aliphatic rings. The summed E-state index contributed by atoms with van der Waals surface area (Å²) in [7, 11) is -9.81. The summed E-state index contributed by atoms with van der Waals surface area (Å²) in [5, 5.41) is 46.3. The van der Waals surface area contributed by atoms with Gasteiger partial charge in [0.25, 0.3) is 0 Å². The predicted octanol–water partition coefficient (Wildman–Crippen LogP) is -2.92. The van der Waals surface area contributed by atoms with Gasteiger partial charge >= 0.3 is 39.1 Å². The lowest BCUT2D eigenvalue weighted by Gasteiger charge is -2.36. The van der Waals surface area contributed by atoms with Crippen molar-refractivity contribution in [2.24, 2.45) is 0 Å². The largest absolute Gasteiger partial charge is 0.481 e. The van der Waals surface area contributed by atoms with Crippen molar-refractivity contribution in [1.82, 2.24) is 9.80 Å². The quantitative estimate of drug-likeness (QED) is 0.0939. The van der Waals surface area contributed by atoms with Crippen molar-refractivity contribution in [3.05, 3.63) is 0 Å². The molecule has 0 aliphatic heterocycles. The van der Waals surface area contributed by atoms with Gasteiger partial charge in [0.15, 0.2) is 6.10 Å². The van der Waals surface area contributed by atoms with E-state index in [1.165, 1.54) is 0 Å². The number of carboxylic acid groups (broad SMARTS) is 4. The summed E-state index contributed by atoms with van der Waals surface area (Å²) in [6, 6.07) is -4.44. The number of nitrogens with zero attached hydrogens (tertiary/aromatic N) is 2. The molecule has 0 saturated carbocycles. The van der Waals surface area contributed by atoms with E-state index in [4.69, 9.17) is 29.8 Å². The molecule has 0 amide bonds. The van der Waals surface area contributed by atoms with Crippen molar-refractivity contribution in [1.29, 1.82) is 0 Å². The van der Waals surface area contributed by atoms with Crippen LogP contribution in [0.2, 0.25) is 0 Å². The first-order valence-electron chi connectivity index (χ1n) is 8.51. The highest BCUT2D eigenvalue weighted by molar-refractivity contribution is 7.52. The Morgan fingerprint density at radius 1 is 0.750 bits per heavy atom. The molecule has 3 unspecified atom stereocenters. The summed E-state index contributed by atoms with van der Waals surface area (Å²) >= 11 is 0. The molecule has 0 radical (unpaired) electrons. The van der Waals surface area contributed by atoms with Gasteiger partial charge in [-0.05, 0) is 6.42 Å². The lowest BCUT2D eigenvalue weighted by atomic mass is 10.0. The number of aliphatic carboxylic acids is 4. The summed E-state index contributed by atoms with van der Waals surface area (Å²) < 4.78 is 22.5. The summed E-state index contributed by atoms with van der Waals surface area (Å²) in [6.45, 7) is -1.67. The monoisotopic (exact) mass is 510 g/mol. The first kappa shape index (κ1) is 30.1. The molecular weight excluding hydrogens is 486 g/mol. The fourth-order valence-corrected chi connectivity index (χ4v) is 4.42. The second-order valence-corrected chi connectivity index (χ2v) is 9.82. The Hall–Kier alpha value is -1.94. The van der Waals surface area contributed by atoms with Gasteiger partial charge in [0.1, 0.15) is 24.7 Å². The maximum atomic E-state index is 11.7. The third-order valence-electron chi connectivity index (χ3n) is 3.92. The van der Waals surface area contributed by atoms with Crippen LogP contribution in [0.3, 0.4) is 0 Å². The number of hydrogen-bond donors (Lipinski definition) is 9. The number of hydrogen-bond acceptors (Lipinski definition) is 9. The molecule has 0 aromatic rings.